The standard InChI is InChI=1S/C24H17F3N2OS/c25-24(26,27)20-11-9-16(10-12-20)13-21-15-28-23(31-21)29-22(30)19-8-4-7-18(14-19)17-5-2-1-3-6-17/h1-12,14-15H,13H2,(H,28,29,30). The number of rotatable bonds is 5. The lowest BCUT2D eigenvalue weighted by molar-refractivity contribution is -0.137. The van der Waals surface area contributed by atoms with Gasteiger partial charge in [-0.15, -0.1) is 11.3 Å². The average Bonchev–Trinajstić information content (AvgIpc) is 3.21. The number of alkyl halides is 3. The first kappa shape index (κ1) is 20.8. The highest BCUT2D eigenvalue weighted by molar-refractivity contribution is 7.15. The van der Waals surface area contributed by atoms with Crippen molar-refractivity contribution in [3.8, 4) is 11.1 Å². The molecule has 0 aliphatic rings. The molecule has 0 spiro atoms. The van der Waals surface area contributed by atoms with E-state index in [0.29, 0.717) is 17.1 Å². The smallest absolute Gasteiger partial charge is 0.298 e. The molecular weight excluding hydrogens is 421 g/mol. The highest BCUT2D eigenvalue weighted by Gasteiger charge is 2.29. The molecular formula is C24H17F3N2OS. The topological polar surface area (TPSA) is 42.0 Å². The first-order chi connectivity index (χ1) is 14.9. The first-order valence-electron chi connectivity index (χ1n) is 9.46. The number of aromatic nitrogens is 1. The van der Waals surface area contributed by atoms with Crippen LogP contribution < -0.4 is 5.32 Å². The minimum absolute atomic E-state index is 0.270. The number of hydrogen-bond donors (Lipinski definition) is 1. The molecule has 0 aliphatic heterocycles. The van der Waals surface area contributed by atoms with E-state index in [1.165, 1.54) is 23.5 Å². The Hall–Kier alpha value is -3.45. The lowest BCUT2D eigenvalue weighted by atomic mass is 10.0. The van der Waals surface area contributed by atoms with E-state index in [1.54, 1.807) is 12.3 Å². The fourth-order valence-electron chi connectivity index (χ4n) is 3.10. The maximum atomic E-state index is 12.7. The maximum Gasteiger partial charge on any atom is 0.416 e. The van der Waals surface area contributed by atoms with Gasteiger partial charge in [0.15, 0.2) is 5.13 Å². The lowest BCUT2D eigenvalue weighted by Crippen LogP contribution is -2.11. The van der Waals surface area contributed by atoms with Gasteiger partial charge >= 0.3 is 6.18 Å². The summed E-state index contributed by atoms with van der Waals surface area (Å²) in [5.74, 6) is -0.270. The van der Waals surface area contributed by atoms with Crippen LogP contribution in [0.5, 0.6) is 0 Å². The third-order valence-corrected chi connectivity index (χ3v) is 5.58. The predicted molar refractivity (Wildman–Crippen MR) is 116 cm³/mol. The van der Waals surface area contributed by atoms with Gasteiger partial charge in [0.1, 0.15) is 0 Å². The summed E-state index contributed by atoms with van der Waals surface area (Å²) in [7, 11) is 0. The molecule has 0 bridgehead atoms. The molecule has 3 nitrogen and oxygen atoms in total. The number of anilines is 1. The maximum absolute atomic E-state index is 12.7. The fraction of sp³-hybridized carbons (Fsp3) is 0.0833. The van der Waals surface area contributed by atoms with E-state index < -0.39 is 11.7 Å². The largest absolute Gasteiger partial charge is 0.416 e. The second kappa shape index (κ2) is 8.73. The van der Waals surface area contributed by atoms with Gasteiger partial charge in [0.25, 0.3) is 5.91 Å². The summed E-state index contributed by atoms with van der Waals surface area (Å²) in [5.41, 5.74) is 2.54. The van der Waals surface area contributed by atoms with Gasteiger partial charge in [0, 0.05) is 23.1 Å². The number of nitrogens with zero attached hydrogens (tertiary/aromatic N) is 1. The molecule has 1 N–H and O–H groups in total. The lowest BCUT2D eigenvalue weighted by Gasteiger charge is -2.07. The zero-order valence-electron chi connectivity index (χ0n) is 16.2. The Labute approximate surface area is 181 Å². The number of thiazole rings is 1. The van der Waals surface area contributed by atoms with Crippen molar-refractivity contribution in [1.82, 2.24) is 4.98 Å². The zero-order valence-corrected chi connectivity index (χ0v) is 17.0. The molecule has 7 heteroatoms. The van der Waals surface area contributed by atoms with Crippen LogP contribution in [0, 0.1) is 0 Å². The Bertz CT molecular complexity index is 1190. The van der Waals surface area contributed by atoms with E-state index in [4.69, 9.17) is 0 Å². The van der Waals surface area contributed by atoms with Crippen LogP contribution in [-0.2, 0) is 12.6 Å². The summed E-state index contributed by atoms with van der Waals surface area (Å²) in [6.45, 7) is 0. The van der Waals surface area contributed by atoms with Crippen LogP contribution in [0.3, 0.4) is 0 Å². The van der Waals surface area contributed by atoms with E-state index in [1.807, 2.05) is 48.5 Å². The number of amides is 1. The van der Waals surface area contributed by atoms with Crippen LogP contribution in [0.15, 0.2) is 85.1 Å². The van der Waals surface area contributed by atoms with Crippen molar-refractivity contribution in [3.05, 3.63) is 107 Å². The van der Waals surface area contributed by atoms with Crippen LogP contribution in [0.25, 0.3) is 11.1 Å². The monoisotopic (exact) mass is 438 g/mol. The van der Waals surface area contributed by atoms with E-state index in [2.05, 4.69) is 10.3 Å². The fourth-order valence-corrected chi connectivity index (χ4v) is 3.94. The molecule has 0 radical (unpaired) electrons. The Kier molecular flexibility index (Phi) is 5.86. The summed E-state index contributed by atoms with van der Waals surface area (Å²) in [4.78, 5) is 17.7. The molecule has 3 aromatic carbocycles. The van der Waals surface area contributed by atoms with Gasteiger partial charge in [-0.05, 0) is 41.0 Å². The van der Waals surface area contributed by atoms with Gasteiger partial charge in [-0.25, -0.2) is 4.98 Å². The van der Waals surface area contributed by atoms with Crippen molar-refractivity contribution in [2.75, 3.05) is 5.32 Å². The van der Waals surface area contributed by atoms with Crippen LogP contribution in [0.1, 0.15) is 26.4 Å². The van der Waals surface area contributed by atoms with Crippen molar-refractivity contribution < 1.29 is 18.0 Å². The van der Waals surface area contributed by atoms with E-state index in [-0.39, 0.29) is 5.91 Å². The second-order valence-corrected chi connectivity index (χ2v) is 8.02. The molecule has 1 heterocycles. The SMILES string of the molecule is O=C(Nc1ncc(Cc2ccc(C(F)(F)F)cc2)s1)c1cccc(-c2ccccc2)c1. The highest BCUT2D eigenvalue weighted by atomic mass is 32.1. The Morgan fingerprint density at radius 1 is 0.903 bits per heavy atom. The molecule has 156 valence electrons. The molecule has 0 saturated heterocycles. The van der Waals surface area contributed by atoms with E-state index in [0.717, 1.165) is 33.7 Å². The Morgan fingerprint density at radius 2 is 1.61 bits per heavy atom. The van der Waals surface area contributed by atoms with Gasteiger partial charge in [-0.3, -0.25) is 10.1 Å². The summed E-state index contributed by atoms with van der Waals surface area (Å²) < 4.78 is 38.1. The Balaban J connectivity index is 1.43. The summed E-state index contributed by atoms with van der Waals surface area (Å²) in [6.07, 6.45) is -2.29. The molecule has 0 aliphatic carbocycles. The zero-order chi connectivity index (χ0) is 21.8. The van der Waals surface area contributed by atoms with Gasteiger partial charge in [-0.2, -0.15) is 13.2 Å². The summed E-state index contributed by atoms with van der Waals surface area (Å²) in [5, 5.41) is 3.23. The minimum atomic E-state index is -4.35. The van der Waals surface area contributed by atoms with Crippen LogP contribution >= 0.6 is 11.3 Å². The quantitative estimate of drug-likeness (QED) is 0.378. The average molecular weight is 438 g/mol. The van der Waals surface area contributed by atoms with Crippen molar-refractivity contribution >= 4 is 22.4 Å². The third kappa shape index (κ3) is 5.19. The second-order valence-electron chi connectivity index (χ2n) is 6.90. The Morgan fingerprint density at radius 3 is 2.32 bits per heavy atom. The van der Waals surface area contributed by atoms with Crippen LogP contribution in [0.2, 0.25) is 0 Å². The minimum Gasteiger partial charge on any atom is -0.298 e. The number of hydrogen-bond acceptors (Lipinski definition) is 3. The molecule has 31 heavy (non-hydrogen) atoms. The summed E-state index contributed by atoms with van der Waals surface area (Å²) in [6, 6.07) is 22.1. The van der Waals surface area contributed by atoms with E-state index in [9.17, 15) is 18.0 Å². The molecule has 0 atom stereocenters. The van der Waals surface area contributed by atoms with E-state index >= 15 is 0 Å². The number of benzene rings is 3. The molecule has 0 unspecified atom stereocenters. The number of carbonyl (C=O) groups excluding carboxylic acids is 1. The van der Waals surface area contributed by atoms with Crippen molar-refractivity contribution in [3.63, 3.8) is 0 Å². The van der Waals surface area contributed by atoms with Crippen molar-refractivity contribution in [1.29, 1.82) is 0 Å². The van der Waals surface area contributed by atoms with Crippen molar-refractivity contribution in [2.24, 2.45) is 0 Å². The summed E-state index contributed by atoms with van der Waals surface area (Å²) >= 11 is 1.30. The highest BCUT2D eigenvalue weighted by Crippen LogP contribution is 2.30. The molecule has 0 saturated carbocycles. The third-order valence-electron chi connectivity index (χ3n) is 4.67. The number of carbonyl (C=O) groups is 1. The normalized spacial score (nSPS) is 11.3. The molecule has 4 rings (SSSR count). The number of nitrogens with one attached hydrogen (secondary N) is 1. The molecule has 1 aromatic heterocycles. The first-order valence-corrected chi connectivity index (χ1v) is 10.3. The van der Waals surface area contributed by atoms with Gasteiger partial charge in [-0.1, -0.05) is 54.6 Å². The predicted octanol–water partition coefficient (Wildman–Crippen LogP) is 6.67. The van der Waals surface area contributed by atoms with Gasteiger partial charge < -0.3 is 0 Å². The van der Waals surface area contributed by atoms with Gasteiger partial charge in [0.05, 0.1) is 5.56 Å². The molecule has 4 aromatic rings. The molecule has 1 amide bonds. The van der Waals surface area contributed by atoms with Crippen LogP contribution in [0.4, 0.5) is 18.3 Å². The molecule has 0 fully saturated rings. The van der Waals surface area contributed by atoms with Crippen molar-refractivity contribution in [2.45, 2.75) is 12.6 Å². The van der Waals surface area contributed by atoms with Gasteiger partial charge in [0.2, 0.25) is 0 Å². The van der Waals surface area contributed by atoms with Crippen LogP contribution in [-0.4, -0.2) is 10.9 Å². The number of halogens is 3.